The van der Waals surface area contributed by atoms with Gasteiger partial charge in [0.2, 0.25) is 5.91 Å². The molecule has 3 nitrogen and oxygen atoms in total. The van der Waals surface area contributed by atoms with E-state index in [-0.39, 0.29) is 5.91 Å². The maximum Gasteiger partial charge on any atom is 0.222 e. The summed E-state index contributed by atoms with van der Waals surface area (Å²) in [6.07, 6.45) is 0.776. The molecule has 0 aliphatic heterocycles. The average Bonchev–Trinajstić information content (AvgIpc) is 2.27. The molecule has 17 heavy (non-hydrogen) atoms. The molecule has 1 aromatic carbocycles. The van der Waals surface area contributed by atoms with Crippen molar-refractivity contribution < 1.29 is 9.90 Å². The molecule has 1 unspecified atom stereocenters. The zero-order chi connectivity index (χ0) is 12.8. The molecule has 0 heterocycles. The molecular weight excluding hydrogens is 214 g/mol. The van der Waals surface area contributed by atoms with E-state index in [0.717, 1.165) is 6.42 Å². The molecule has 94 valence electrons. The van der Waals surface area contributed by atoms with Crippen LogP contribution < -0.4 is 0 Å². The van der Waals surface area contributed by atoms with Crippen LogP contribution >= 0.6 is 0 Å². The first kappa shape index (κ1) is 13.7. The standard InChI is InChI=1S/C14H21NO2/c1-11-4-6-13(7-5-11)8-9-14(17)15(3)10-12(2)16/h4-7,12,16H,8-10H2,1-3H3. The van der Waals surface area contributed by atoms with Crippen LogP contribution in [-0.4, -0.2) is 35.6 Å². The van der Waals surface area contributed by atoms with Gasteiger partial charge in [-0.3, -0.25) is 4.79 Å². The third kappa shape index (κ3) is 5.00. The molecule has 0 saturated heterocycles. The Kier molecular flexibility index (Phi) is 5.16. The first-order valence-electron chi connectivity index (χ1n) is 5.96. The molecule has 0 aliphatic rings. The van der Waals surface area contributed by atoms with E-state index in [1.165, 1.54) is 11.1 Å². The zero-order valence-electron chi connectivity index (χ0n) is 10.8. The molecule has 1 atom stereocenters. The van der Waals surface area contributed by atoms with Crippen molar-refractivity contribution in [3.8, 4) is 0 Å². The Labute approximate surface area is 103 Å². The van der Waals surface area contributed by atoms with E-state index in [2.05, 4.69) is 24.3 Å². The predicted molar refractivity (Wildman–Crippen MR) is 68.8 cm³/mol. The van der Waals surface area contributed by atoms with Gasteiger partial charge in [0.1, 0.15) is 0 Å². The van der Waals surface area contributed by atoms with E-state index in [0.29, 0.717) is 13.0 Å². The van der Waals surface area contributed by atoms with Crippen LogP contribution in [-0.2, 0) is 11.2 Å². The van der Waals surface area contributed by atoms with Crippen molar-refractivity contribution in [3.05, 3.63) is 35.4 Å². The number of aliphatic hydroxyl groups excluding tert-OH is 1. The highest BCUT2D eigenvalue weighted by molar-refractivity contribution is 5.76. The van der Waals surface area contributed by atoms with Crippen molar-refractivity contribution in [1.29, 1.82) is 0 Å². The summed E-state index contributed by atoms with van der Waals surface area (Å²) < 4.78 is 0. The smallest absolute Gasteiger partial charge is 0.222 e. The predicted octanol–water partition coefficient (Wildman–Crippen LogP) is 1.77. The second-order valence-corrected chi connectivity index (χ2v) is 4.61. The van der Waals surface area contributed by atoms with E-state index in [9.17, 15) is 9.90 Å². The quantitative estimate of drug-likeness (QED) is 0.845. The van der Waals surface area contributed by atoms with Crippen LogP contribution in [0.15, 0.2) is 24.3 Å². The Morgan fingerprint density at radius 1 is 1.35 bits per heavy atom. The van der Waals surface area contributed by atoms with Gasteiger partial charge in [-0.15, -0.1) is 0 Å². The summed E-state index contributed by atoms with van der Waals surface area (Å²) in [5.41, 5.74) is 2.40. The van der Waals surface area contributed by atoms with E-state index >= 15 is 0 Å². The van der Waals surface area contributed by atoms with Gasteiger partial charge < -0.3 is 10.0 Å². The van der Waals surface area contributed by atoms with Crippen LogP contribution in [0.2, 0.25) is 0 Å². The second-order valence-electron chi connectivity index (χ2n) is 4.61. The number of amides is 1. The van der Waals surface area contributed by atoms with Crippen molar-refractivity contribution in [2.75, 3.05) is 13.6 Å². The molecule has 0 radical (unpaired) electrons. The van der Waals surface area contributed by atoms with Crippen molar-refractivity contribution in [3.63, 3.8) is 0 Å². The Morgan fingerprint density at radius 2 is 1.94 bits per heavy atom. The largest absolute Gasteiger partial charge is 0.392 e. The van der Waals surface area contributed by atoms with Crippen molar-refractivity contribution in [2.45, 2.75) is 32.8 Å². The summed E-state index contributed by atoms with van der Waals surface area (Å²) in [5, 5.41) is 9.19. The highest BCUT2D eigenvalue weighted by atomic mass is 16.3. The van der Waals surface area contributed by atoms with E-state index < -0.39 is 6.10 Å². The zero-order valence-corrected chi connectivity index (χ0v) is 10.8. The SMILES string of the molecule is Cc1ccc(CCC(=O)N(C)CC(C)O)cc1. The second kappa shape index (κ2) is 6.40. The molecule has 0 aliphatic carbocycles. The molecule has 1 N–H and O–H groups in total. The van der Waals surface area contributed by atoms with E-state index in [1.807, 2.05) is 6.92 Å². The number of aryl methyl sites for hydroxylation is 2. The van der Waals surface area contributed by atoms with Crippen LogP contribution in [0.25, 0.3) is 0 Å². The van der Waals surface area contributed by atoms with Crippen LogP contribution in [0, 0.1) is 6.92 Å². The Balaban J connectivity index is 2.40. The number of benzene rings is 1. The lowest BCUT2D eigenvalue weighted by Gasteiger charge is -2.18. The molecule has 1 amide bonds. The third-order valence-corrected chi connectivity index (χ3v) is 2.71. The first-order valence-corrected chi connectivity index (χ1v) is 5.96. The summed E-state index contributed by atoms with van der Waals surface area (Å²) >= 11 is 0. The molecule has 3 heteroatoms. The minimum Gasteiger partial charge on any atom is -0.392 e. The molecular formula is C14H21NO2. The summed E-state index contributed by atoms with van der Waals surface area (Å²) in [4.78, 5) is 13.3. The van der Waals surface area contributed by atoms with Crippen molar-refractivity contribution in [2.24, 2.45) is 0 Å². The summed E-state index contributed by atoms with van der Waals surface area (Å²) in [5.74, 6) is 0.0754. The van der Waals surface area contributed by atoms with E-state index in [1.54, 1.807) is 18.9 Å². The first-order chi connectivity index (χ1) is 7.99. The van der Waals surface area contributed by atoms with Gasteiger partial charge in [0.15, 0.2) is 0 Å². The maximum atomic E-state index is 11.7. The number of hydrogen-bond acceptors (Lipinski definition) is 2. The molecule has 1 rings (SSSR count). The average molecular weight is 235 g/mol. The molecule has 0 spiro atoms. The van der Waals surface area contributed by atoms with Gasteiger partial charge in [-0.2, -0.15) is 0 Å². The monoisotopic (exact) mass is 235 g/mol. The van der Waals surface area contributed by atoms with Crippen molar-refractivity contribution >= 4 is 5.91 Å². The van der Waals surface area contributed by atoms with Gasteiger partial charge in [-0.25, -0.2) is 0 Å². The van der Waals surface area contributed by atoms with Crippen molar-refractivity contribution in [1.82, 2.24) is 4.90 Å². The van der Waals surface area contributed by atoms with Gasteiger partial charge in [0, 0.05) is 20.0 Å². The lowest BCUT2D eigenvalue weighted by Crippen LogP contribution is -2.33. The fourth-order valence-corrected chi connectivity index (χ4v) is 1.70. The van der Waals surface area contributed by atoms with Crippen LogP contribution in [0.5, 0.6) is 0 Å². The van der Waals surface area contributed by atoms with Gasteiger partial charge in [0.25, 0.3) is 0 Å². The van der Waals surface area contributed by atoms with Crippen LogP contribution in [0.1, 0.15) is 24.5 Å². The number of hydrogen-bond donors (Lipinski definition) is 1. The lowest BCUT2D eigenvalue weighted by molar-refractivity contribution is -0.131. The van der Waals surface area contributed by atoms with Crippen LogP contribution in [0.3, 0.4) is 0 Å². The molecule has 0 fully saturated rings. The van der Waals surface area contributed by atoms with Gasteiger partial charge >= 0.3 is 0 Å². The lowest BCUT2D eigenvalue weighted by atomic mass is 10.1. The number of carbonyl (C=O) groups excluding carboxylic acids is 1. The summed E-state index contributed by atoms with van der Waals surface area (Å²) in [6, 6.07) is 8.22. The molecule has 0 saturated carbocycles. The fraction of sp³-hybridized carbons (Fsp3) is 0.500. The molecule has 1 aromatic rings. The summed E-state index contributed by atoms with van der Waals surface area (Å²) in [6.45, 7) is 4.13. The number of carbonyl (C=O) groups is 1. The number of nitrogens with zero attached hydrogens (tertiary/aromatic N) is 1. The molecule has 0 bridgehead atoms. The van der Waals surface area contributed by atoms with Gasteiger partial charge in [0.05, 0.1) is 6.10 Å². The Morgan fingerprint density at radius 3 is 2.47 bits per heavy atom. The maximum absolute atomic E-state index is 11.7. The minimum atomic E-state index is -0.469. The molecule has 0 aromatic heterocycles. The van der Waals surface area contributed by atoms with Crippen LogP contribution in [0.4, 0.5) is 0 Å². The van der Waals surface area contributed by atoms with Gasteiger partial charge in [-0.05, 0) is 25.8 Å². The summed E-state index contributed by atoms with van der Waals surface area (Å²) in [7, 11) is 1.73. The number of aliphatic hydroxyl groups is 1. The number of likely N-dealkylation sites (N-methyl/N-ethyl adjacent to an activating group) is 1. The highest BCUT2D eigenvalue weighted by Crippen LogP contribution is 2.07. The fourth-order valence-electron chi connectivity index (χ4n) is 1.70. The van der Waals surface area contributed by atoms with Gasteiger partial charge in [-0.1, -0.05) is 29.8 Å². The minimum absolute atomic E-state index is 0.0754. The third-order valence-electron chi connectivity index (χ3n) is 2.71. The topological polar surface area (TPSA) is 40.5 Å². The Hall–Kier alpha value is -1.35. The Bertz CT molecular complexity index is 357. The van der Waals surface area contributed by atoms with E-state index in [4.69, 9.17) is 0 Å². The number of rotatable bonds is 5. The highest BCUT2D eigenvalue weighted by Gasteiger charge is 2.10. The normalized spacial score (nSPS) is 12.2.